The molecule has 3 fully saturated rings. The Morgan fingerprint density at radius 2 is 1.44 bits per heavy atom. The van der Waals surface area contributed by atoms with Crippen LogP contribution in [0.15, 0.2) is 0 Å². The Balaban J connectivity index is 1.33. The number of hydrogen-bond donors (Lipinski definition) is 3. The molecule has 3 amide bonds. The van der Waals surface area contributed by atoms with Crippen molar-refractivity contribution in [3.05, 3.63) is 0 Å². The normalized spacial score (nSPS) is 25.2. The van der Waals surface area contributed by atoms with Gasteiger partial charge in [0.2, 0.25) is 5.91 Å². The van der Waals surface area contributed by atoms with Gasteiger partial charge in [0.15, 0.2) is 0 Å². The van der Waals surface area contributed by atoms with Gasteiger partial charge in [-0.1, -0.05) is 38.5 Å². The molecular formula is C21H38N4O2. The molecule has 1 heterocycles. The minimum Gasteiger partial charge on any atom is -0.355 e. The molecule has 6 nitrogen and oxygen atoms in total. The van der Waals surface area contributed by atoms with Gasteiger partial charge in [-0.2, -0.15) is 0 Å². The monoisotopic (exact) mass is 378 g/mol. The van der Waals surface area contributed by atoms with Gasteiger partial charge in [-0.05, 0) is 38.5 Å². The molecule has 3 N–H and O–H groups in total. The first-order chi connectivity index (χ1) is 13.2. The van der Waals surface area contributed by atoms with E-state index in [4.69, 9.17) is 0 Å². The van der Waals surface area contributed by atoms with E-state index in [1.807, 2.05) is 4.90 Å². The van der Waals surface area contributed by atoms with Gasteiger partial charge in [0.1, 0.15) is 0 Å². The zero-order chi connectivity index (χ0) is 18.9. The number of urea groups is 1. The molecule has 27 heavy (non-hydrogen) atoms. The van der Waals surface area contributed by atoms with E-state index in [-0.39, 0.29) is 17.9 Å². The van der Waals surface area contributed by atoms with Crippen molar-refractivity contribution >= 4 is 11.9 Å². The molecule has 1 aliphatic heterocycles. The highest BCUT2D eigenvalue weighted by molar-refractivity contribution is 5.80. The number of piperidine rings is 1. The first-order valence-corrected chi connectivity index (χ1v) is 11.3. The minimum atomic E-state index is -0.0639. The maximum absolute atomic E-state index is 12.5. The van der Waals surface area contributed by atoms with E-state index >= 15 is 0 Å². The third-order valence-corrected chi connectivity index (χ3v) is 6.47. The summed E-state index contributed by atoms with van der Waals surface area (Å²) in [6, 6.07) is 0.977. The average Bonchev–Trinajstić information content (AvgIpc) is 3.06. The standard InChI is InChI=1S/C21H38N4O2/c26-20(23-14-13-22-18-9-3-1-2-4-10-18)17-8-7-15-25(16-17)21(27)24-19-11-5-6-12-19/h17-19,22H,1-16H2,(H,23,26)(H,24,27). The molecule has 2 saturated carbocycles. The molecule has 0 aromatic carbocycles. The van der Waals surface area contributed by atoms with Crippen molar-refractivity contribution in [1.29, 1.82) is 0 Å². The molecule has 6 heteroatoms. The second kappa shape index (κ2) is 10.9. The number of nitrogens with one attached hydrogen (secondary N) is 3. The molecule has 0 radical (unpaired) electrons. The fourth-order valence-electron chi connectivity index (χ4n) is 4.80. The molecule has 3 rings (SSSR count). The van der Waals surface area contributed by atoms with Crippen LogP contribution < -0.4 is 16.0 Å². The number of carbonyl (C=O) groups excluding carboxylic acids is 2. The van der Waals surface area contributed by atoms with E-state index in [1.54, 1.807) is 0 Å². The number of hydrogen-bond acceptors (Lipinski definition) is 3. The third kappa shape index (κ3) is 6.66. The van der Waals surface area contributed by atoms with Gasteiger partial charge in [-0.15, -0.1) is 0 Å². The molecule has 1 unspecified atom stereocenters. The zero-order valence-electron chi connectivity index (χ0n) is 16.8. The molecule has 2 aliphatic carbocycles. The minimum absolute atomic E-state index is 0.0226. The first-order valence-electron chi connectivity index (χ1n) is 11.3. The quantitative estimate of drug-likeness (QED) is 0.491. The summed E-state index contributed by atoms with van der Waals surface area (Å²) in [7, 11) is 0. The topological polar surface area (TPSA) is 73.5 Å². The molecule has 1 saturated heterocycles. The maximum atomic E-state index is 12.5. The fraction of sp³-hybridized carbons (Fsp3) is 0.905. The molecule has 0 bridgehead atoms. The average molecular weight is 379 g/mol. The van der Waals surface area contributed by atoms with Crippen LogP contribution in [0, 0.1) is 5.92 Å². The van der Waals surface area contributed by atoms with Gasteiger partial charge >= 0.3 is 6.03 Å². The van der Waals surface area contributed by atoms with E-state index in [0.29, 0.717) is 25.2 Å². The van der Waals surface area contributed by atoms with Crippen molar-refractivity contribution in [3.63, 3.8) is 0 Å². The zero-order valence-corrected chi connectivity index (χ0v) is 16.8. The maximum Gasteiger partial charge on any atom is 0.317 e. The van der Waals surface area contributed by atoms with Gasteiger partial charge in [-0.3, -0.25) is 4.79 Å². The van der Waals surface area contributed by atoms with Gasteiger partial charge in [0.25, 0.3) is 0 Å². The lowest BCUT2D eigenvalue weighted by Gasteiger charge is -2.33. The lowest BCUT2D eigenvalue weighted by Crippen LogP contribution is -2.51. The van der Waals surface area contributed by atoms with Crippen molar-refractivity contribution in [2.45, 2.75) is 89.1 Å². The Hall–Kier alpha value is -1.30. The van der Waals surface area contributed by atoms with Gasteiger partial charge in [0.05, 0.1) is 5.92 Å². The van der Waals surface area contributed by atoms with Crippen molar-refractivity contribution < 1.29 is 9.59 Å². The summed E-state index contributed by atoms with van der Waals surface area (Å²) in [6.07, 6.45) is 14.3. The second-order valence-electron chi connectivity index (χ2n) is 8.65. The van der Waals surface area contributed by atoms with E-state index < -0.39 is 0 Å². The van der Waals surface area contributed by atoms with Gasteiger partial charge < -0.3 is 20.9 Å². The summed E-state index contributed by atoms with van der Waals surface area (Å²) in [6.45, 7) is 2.85. The molecule has 0 aromatic heterocycles. The number of carbonyl (C=O) groups is 2. The summed E-state index contributed by atoms with van der Waals surface area (Å²) < 4.78 is 0. The van der Waals surface area contributed by atoms with Crippen LogP contribution in [-0.4, -0.2) is 55.1 Å². The summed E-state index contributed by atoms with van der Waals surface area (Å²) in [5.74, 6) is 0.0435. The summed E-state index contributed by atoms with van der Waals surface area (Å²) in [5.41, 5.74) is 0. The van der Waals surface area contributed by atoms with Crippen LogP contribution in [0.5, 0.6) is 0 Å². The molecule has 3 aliphatic rings. The summed E-state index contributed by atoms with van der Waals surface area (Å²) in [5, 5.41) is 9.83. The Morgan fingerprint density at radius 3 is 2.19 bits per heavy atom. The summed E-state index contributed by atoms with van der Waals surface area (Å²) in [4.78, 5) is 26.8. The van der Waals surface area contributed by atoms with Crippen LogP contribution in [0.25, 0.3) is 0 Å². The summed E-state index contributed by atoms with van der Waals surface area (Å²) >= 11 is 0. The van der Waals surface area contributed by atoms with E-state index in [1.165, 1.54) is 51.4 Å². The van der Waals surface area contributed by atoms with Crippen molar-refractivity contribution in [2.75, 3.05) is 26.2 Å². The lowest BCUT2D eigenvalue weighted by atomic mass is 9.97. The van der Waals surface area contributed by atoms with Gasteiger partial charge in [-0.25, -0.2) is 4.79 Å². The number of rotatable bonds is 6. The van der Waals surface area contributed by atoms with Crippen LogP contribution in [-0.2, 0) is 4.79 Å². The van der Waals surface area contributed by atoms with Crippen LogP contribution in [0.2, 0.25) is 0 Å². The molecule has 1 atom stereocenters. The van der Waals surface area contributed by atoms with Gasteiger partial charge in [0, 0.05) is 38.3 Å². The Labute approximate surface area is 164 Å². The van der Waals surface area contributed by atoms with Crippen LogP contribution in [0.3, 0.4) is 0 Å². The highest BCUT2D eigenvalue weighted by Crippen LogP contribution is 2.20. The second-order valence-corrected chi connectivity index (χ2v) is 8.65. The number of amides is 3. The number of nitrogens with zero attached hydrogens (tertiary/aromatic N) is 1. The largest absolute Gasteiger partial charge is 0.355 e. The smallest absolute Gasteiger partial charge is 0.317 e. The number of likely N-dealkylation sites (tertiary alicyclic amines) is 1. The molecule has 154 valence electrons. The van der Waals surface area contributed by atoms with Crippen LogP contribution in [0.1, 0.15) is 77.0 Å². The van der Waals surface area contributed by atoms with E-state index in [0.717, 1.165) is 38.8 Å². The molecule has 0 spiro atoms. The Bertz CT molecular complexity index is 471. The van der Waals surface area contributed by atoms with Crippen LogP contribution in [0.4, 0.5) is 4.79 Å². The first kappa shape index (κ1) is 20.4. The van der Waals surface area contributed by atoms with E-state index in [2.05, 4.69) is 16.0 Å². The van der Waals surface area contributed by atoms with Crippen molar-refractivity contribution in [3.8, 4) is 0 Å². The highest BCUT2D eigenvalue weighted by Gasteiger charge is 2.29. The SMILES string of the molecule is O=C(NCCNC1CCCCCC1)C1CCCN(C(=O)NC2CCCC2)C1. The lowest BCUT2D eigenvalue weighted by molar-refractivity contribution is -0.126. The molecule has 0 aromatic rings. The van der Waals surface area contributed by atoms with Crippen LogP contribution >= 0.6 is 0 Å². The van der Waals surface area contributed by atoms with Crippen molar-refractivity contribution in [1.82, 2.24) is 20.9 Å². The third-order valence-electron chi connectivity index (χ3n) is 6.47. The highest BCUT2D eigenvalue weighted by atomic mass is 16.2. The van der Waals surface area contributed by atoms with E-state index in [9.17, 15) is 9.59 Å². The Kier molecular flexibility index (Phi) is 8.24. The predicted octanol–water partition coefficient (Wildman–Crippen LogP) is 2.78. The Morgan fingerprint density at radius 1 is 0.778 bits per heavy atom. The molecular weight excluding hydrogens is 340 g/mol. The predicted molar refractivity (Wildman–Crippen MR) is 108 cm³/mol. The fourth-order valence-corrected chi connectivity index (χ4v) is 4.80. The van der Waals surface area contributed by atoms with Crippen molar-refractivity contribution in [2.24, 2.45) is 5.92 Å².